The van der Waals surface area contributed by atoms with Gasteiger partial charge in [-0.1, -0.05) is 31.9 Å². The van der Waals surface area contributed by atoms with Crippen LogP contribution in [-0.4, -0.2) is 38.6 Å². The summed E-state index contributed by atoms with van der Waals surface area (Å²) in [5.74, 6) is -0.552. The quantitative estimate of drug-likeness (QED) is 0.723. The molecule has 0 aliphatic heterocycles. The standard InChI is InChI=1S/C12H14Br2N2O3/c1-19-3-2-15-11(17)7-16-12(18)8-4-9(13)6-10(14)5-8/h4-6H,2-3,7H2,1H3,(H,15,17)(H,16,18). The van der Waals surface area contributed by atoms with E-state index in [9.17, 15) is 9.59 Å². The van der Waals surface area contributed by atoms with Gasteiger partial charge >= 0.3 is 0 Å². The third kappa shape index (κ3) is 6.17. The molecule has 0 radical (unpaired) electrons. The SMILES string of the molecule is COCCNC(=O)CNC(=O)c1cc(Br)cc(Br)c1. The zero-order valence-electron chi connectivity index (χ0n) is 10.3. The molecule has 2 amide bonds. The van der Waals surface area contributed by atoms with Gasteiger partial charge in [-0.05, 0) is 18.2 Å². The lowest BCUT2D eigenvalue weighted by Gasteiger charge is -2.07. The molecule has 0 atom stereocenters. The van der Waals surface area contributed by atoms with Gasteiger partial charge in [0.15, 0.2) is 0 Å². The molecule has 7 heteroatoms. The van der Waals surface area contributed by atoms with Gasteiger partial charge in [0.05, 0.1) is 13.2 Å². The van der Waals surface area contributed by atoms with Gasteiger partial charge in [-0.15, -0.1) is 0 Å². The summed E-state index contributed by atoms with van der Waals surface area (Å²) in [6.45, 7) is 0.804. The number of benzene rings is 1. The van der Waals surface area contributed by atoms with E-state index in [2.05, 4.69) is 42.5 Å². The lowest BCUT2D eigenvalue weighted by molar-refractivity contribution is -0.120. The van der Waals surface area contributed by atoms with Gasteiger partial charge in [0, 0.05) is 28.2 Å². The second kappa shape index (κ2) is 8.29. The molecule has 0 fully saturated rings. The Morgan fingerprint density at radius 3 is 2.37 bits per heavy atom. The van der Waals surface area contributed by atoms with E-state index in [1.165, 1.54) is 0 Å². The average Bonchev–Trinajstić information content (AvgIpc) is 2.35. The average molecular weight is 394 g/mol. The van der Waals surface area contributed by atoms with E-state index in [4.69, 9.17) is 4.74 Å². The number of ether oxygens (including phenoxy) is 1. The van der Waals surface area contributed by atoms with Crippen LogP contribution in [0.5, 0.6) is 0 Å². The molecule has 0 bridgehead atoms. The van der Waals surface area contributed by atoms with Crippen LogP contribution in [0.3, 0.4) is 0 Å². The van der Waals surface area contributed by atoms with Crippen LogP contribution in [0, 0.1) is 0 Å². The van der Waals surface area contributed by atoms with Gasteiger partial charge in [-0.25, -0.2) is 0 Å². The summed E-state index contributed by atoms with van der Waals surface area (Å²) in [5, 5.41) is 5.16. The van der Waals surface area contributed by atoms with Crippen molar-refractivity contribution in [3.63, 3.8) is 0 Å². The number of amides is 2. The number of hydrogen-bond acceptors (Lipinski definition) is 3. The summed E-state index contributed by atoms with van der Waals surface area (Å²) in [4.78, 5) is 23.2. The molecule has 2 N–H and O–H groups in total. The van der Waals surface area contributed by atoms with Crippen LogP contribution in [0.25, 0.3) is 0 Å². The minimum absolute atomic E-state index is 0.0628. The van der Waals surface area contributed by atoms with Crippen molar-refractivity contribution < 1.29 is 14.3 Å². The number of methoxy groups -OCH3 is 1. The summed E-state index contributed by atoms with van der Waals surface area (Å²) < 4.78 is 6.38. The first-order valence-electron chi connectivity index (χ1n) is 5.53. The highest BCUT2D eigenvalue weighted by Crippen LogP contribution is 2.19. The van der Waals surface area contributed by atoms with Crippen molar-refractivity contribution in [2.45, 2.75) is 0 Å². The maximum Gasteiger partial charge on any atom is 0.251 e. The fourth-order valence-corrected chi connectivity index (χ4v) is 2.60. The predicted octanol–water partition coefficient (Wildman–Crippen LogP) is 1.70. The fraction of sp³-hybridized carbons (Fsp3) is 0.333. The number of rotatable bonds is 6. The van der Waals surface area contributed by atoms with E-state index < -0.39 is 0 Å². The van der Waals surface area contributed by atoms with Crippen LogP contribution in [0.15, 0.2) is 27.1 Å². The Morgan fingerprint density at radius 1 is 1.16 bits per heavy atom. The minimum atomic E-state index is -0.302. The molecule has 0 aromatic heterocycles. The van der Waals surface area contributed by atoms with Crippen molar-refractivity contribution in [2.24, 2.45) is 0 Å². The number of nitrogens with one attached hydrogen (secondary N) is 2. The van der Waals surface area contributed by atoms with Crippen molar-refractivity contribution >= 4 is 43.7 Å². The maximum absolute atomic E-state index is 11.8. The normalized spacial score (nSPS) is 10.1. The lowest BCUT2D eigenvalue weighted by Crippen LogP contribution is -2.38. The third-order valence-corrected chi connectivity index (χ3v) is 3.08. The van der Waals surface area contributed by atoms with Crippen LogP contribution in [0.2, 0.25) is 0 Å². The summed E-state index contributed by atoms with van der Waals surface area (Å²) in [7, 11) is 1.55. The van der Waals surface area contributed by atoms with Gasteiger partial charge in [0.25, 0.3) is 5.91 Å². The van der Waals surface area contributed by atoms with E-state index in [0.717, 1.165) is 8.95 Å². The molecule has 0 unspecified atom stereocenters. The van der Waals surface area contributed by atoms with Crippen molar-refractivity contribution in [1.82, 2.24) is 10.6 Å². The molecule has 104 valence electrons. The lowest BCUT2D eigenvalue weighted by atomic mass is 10.2. The summed E-state index contributed by atoms with van der Waals surface area (Å²) in [5.41, 5.74) is 0.478. The Balaban J connectivity index is 2.44. The topological polar surface area (TPSA) is 67.4 Å². The molecule has 0 saturated carbocycles. The molecular weight excluding hydrogens is 380 g/mol. The van der Waals surface area contributed by atoms with Gasteiger partial charge < -0.3 is 15.4 Å². The minimum Gasteiger partial charge on any atom is -0.383 e. The van der Waals surface area contributed by atoms with Gasteiger partial charge in [-0.2, -0.15) is 0 Å². The Bertz CT molecular complexity index is 446. The van der Waals surface area contributed by atoms with E-state index in [1.807, 2.05) is 6.07 Å². The van der Waals surface area contributed by atoms with Crippen molar-refractivity contribution in [2.75, 3.05) is 26.8 Å². The Morgan fingerprint density at radius 2 is 1.79 bits per heavy atom. The third-order valence-electron chi connectivity index (χ3n) is 2.16. The fourth-order valence-electron chi connectivity index (χ4n) is 1.30. The highest BCUT2D eigenvalue weighted by atomic mass is 79.9. The first-order valence-corrected chi connectivity index (χ1v) is 7.11. The van der Waals surface area contributed by atoms with E-state index in [1.54, 1.807) is 19.2 Å². The summed E-state index contributed by atoms with van der Waals surface area (Å²) in [6, 6.07) is 5.19. The maximum atomic E-state index is 11.8. The van der Waals surface area contributed by atoms with E-state index in [-0.39, 0.29) is 18.4 Å². The molecule has 0 spiro atoms. The molecule has 1 aromatic rings. The number of halogens is 2. The largest absolute Gasteiger partial charge is 0.383 e. The highest BCUT2D eigenvalue weighted by molar-refractivity contribution is 9.11. The van der Waals surface area contributed by atoms with Crippen LogP contribution in [-0.2, 0) is 9.53 Å². The second-order valence-corrected chi connectivity index (χ2v) is 5.51. The first kappa shape index (κ1) is 16.1. The second-order valence-electron chi connectivity index (χ2n) is 3.68. The van der Waals surface area contributed by atoms with Crippen molar-refractivity contribution in [1.29, 1.82) is 0 Å². The molecule has 1 aromatic carbocycles. The Labute approximate surface area is 128 Å². The monoisotopic (exact) mass is 392 g/mol. The molecule has 5 nitrogen and oxygen atoms in total. The molecule has 0 aliphatic rings. The van der Waals surface area contributed by atoms with Gasteiger partial charge in [0.2, 0.25) is 5.91 Å². The van der Waals surface area contributed by atoms with Crippen LogP contribution >= 0.6 is 31.9 Å². The summed E-state index contributed by atoms with van der Waals surface area (Å²) >= 11 is 6.60. The summed E-state index contributed by atoms with van der Waals surface area (Å²) in [6.07, 6.45) is 0. The van der Waals surface area contributed by atoms with Gasteiger partial charge in [0.1, 0.15) is 0 Å². The zero-order valence-corrected chi connectivity index (χ0v) is 13.5. The van der Waals surface area contributed by atoms with Crippen LogP contribution in [0.1, 0.15) is 10.4 Å². The number of carbonyl (C=O) groups excluding carboxylic acids is 2. The number of carbonyl (C=O) groups is 2. The molecule has 1 rings (SSSR count). The molecular formula is C12H14Br2N2O3. The van der Waals surface area contributed by atoms with Crippen LogP contribution < -0.4 is 10.6 Å². The Hall–Kier alpha value is -0.920. The van der Waals surface area contributed by atoms with E-state index in [0.29, 0.717) is 18.7 Å². The zero-order chi connectivity index (χ0) is 14.3. The molecule has 0 aliphatic carbocycles. The van der Waals surface area contributed by atoms with Gasteiger partial charge in [-0.3, -0.25) is 9.59 Å². The smallest absolute Gasteiger partial charge is 0.251 e. The van der Waals surface area contributed by atoms with Crippen LogP contribution in [0.4, 0.5) is 0 Å². The highest BCUT2D eigenvalue weighted by Gasteiger charge is 2.09. The molecule has 19 heavy (non-hydrogen) atoms. The van der Waals surface area contributed by atoms with E-state index >= 15 is 0 Å². The van der Waals surface area contributed by atoms with Crippen molar-refractivity contribution in [3.8, 4) is 0 Å². The Kier molecular flexibility index (Phi) is 7.04. The number of hydrogen-bond donors (Lipinski definition) is 2. The predicted molar refractivity (Wildman–Crippen MR) is 79.1 cm³/mol. The van der Waals surface area contributed by atoms with Crippen molar-refractivity contribution in [3.05, 3.63) is 32.7 Å². The molecule has 0 saturated heterocycles. The first-order chi connectivity index (χ1) is 9.02. The molecule has 0 heterocycles.